The third-order valence-corrected chi connectivity index (χ3v) is 3.08. The Labute approximate surface area is 85.2 Å². The predicted molar refractivity (Wildman–Crippen MR) is 58.3 cm³/mol. The van der Waals surface area contributed by atoms with Gasteiger partial charge in [-0.1, -0.05) is 20.8 Å². The first-order chi connectivity index (χ1) is 5.66. The third-order valence-electron chi connectivity index (χ3n) is 1.30. The van der Waals surface area contributed by atoms with Crippen molar-refractivity contribution >= 4 is 23.4 Å². The van der Waals surface area contributed by atoms with Gasteiger partial charge in [0.1, 0.15) is 0 Å². The molecule has 0 saturated heterocycles. The normalized spacial score (nSPS) is 13.8. The van der Waals surface area contributed by atoms with Crippen molar-refractivity contribution in [3.05, 3.63) is 0 Å². The summed E-state index contributed by atoms with van der Waals surface area (Å²) >= 11 is 7.52. The minimum atomic E-state index is 0.550. The average Bonchev–Trinajstić information content (AvgIpc) is 2.03. The molecule has 0 amide bonds. The van der Waals surface area contributed by atoms with Crippen LogP contribution in [0.4, 0.5) is 0 Å². The fraction of sp³-hybridized carbons (Fsp3) is 1.00. The maximum absolute atomic E-state index is 5.65. The van der Waals surface area contributed by atoms with Crippen LogP contribution in [0.25, 0.3) is 0 Å². The Morgan fingerprint density at radius 3 is 2.50 bits per heavy atom. The molecule has 0 rings (SSSR count). The van der Waals surface area contributed by atoms with Gasteiger partial charge in [0.25, 0.3) is 0 Å². The van der Waals surface area contributed by atoms with Crippen LogP contribution in [0.15, 0.2) is 0 Å². The fourth-order valence-corrected chi connectivity index (χ4v) is 1.64. The zero-order chi connectivity index (χ0) is 9.40. The minimum absolute atomic E-state index is 0.550. The number of thioether (sulfide) groups is 1. The van der Waals surface area contributed by atoms with Crippen molar-refractivity contribution in [1.29, 1.82) is 0 Å². The number of hydrogen-bond acceptors (Lipinski definition) is 2. The second-order valence-corrected chi connectivity index (χ2v) is 5.16. The van der Waals surface area contributed by atoms with Crippen LogP contribution < -0.4 is 0 Å². The Hall–Kier alpha value is 0.600. The van der Waals surface area contributed by atoms with Gasteiger partial charge in [0, 0.05) is 23.5 Å². The number of hydrogen-bond donors (Lipinski definition) is 0. The van der Waals surface area contributed by atoms with E-state index in [1.165, 1.54) is 0 Å². The lowest BCUT2D eigenvalue weighted by atomic mass is 10.2. The van der Waals surface area contributed by atoms with Crippen LogP contribution in [0, 0.1) is 5.92 Å². The predicted octanol–water partition coefficient (Wildman–Crippen LogP) is 3.02. The molecular weight excluding hydrogens is 192 g/mol. The summed E-state index contributed by atoms with van der Waals surface area (Å²) < 4.78 is 5.43. The molecule has 1 atom stereocenters. The molecule has 0 aromatic rings. The highest BCUT2D eigenvalue weighted by Gasteiger charge is 1.99. The van der Waals surface area contributed by atoms with Crippen molar-refractivity contribution in [2.75, 3.05) is 24.8 Å². The summed E-state index contributed by atoms with van der Waals surface area (Å²) in [4.78, 5) is 0. The summed E-state index contributed by atoms with van der Waals surface area (Å²) in [7, 11) is 0. The van der Waals surface area contributed by atoms with E-state index in [0.717, 1.165) is 24.8 Å². The van der Waals surface area contributed by atoms with Gasteiger partial charge >= 0.3 is 0 Å². The van der Waals surface area contributed by atoms with Crippen LogP contribution in [-0.4, -0.2) is 30.1 Å². The number of alkyl halides is 1. The van der Waals surface area contributed by atoms with Gasteiger partial charge in [0.15, 0.2) is 0 Å². The molecule has 3 heteroatoms. The Morgan fingerprint density at radius 1 is 1.33 bits per heavy atom. The number of halogens is 1. The summed E-state index contributed by atoms with van der Waals surface area (Å²) in [6, 6.07) is 0. The van der Waals surface area contributed by atoms with Crippen molar-refractivity contribution < 1.29 is 4.74 Å². The van der Waals surface area contributed by atoms with Gasteiger partial charge in [-0.3, -0.25) is 0 Å². The lowest BCUT2D eigenvalue weighted by molar-refractivity contribution is 0.124. The summed E-state index contributed by atoms with van der Waals surface area (Å²) in [5.74, 6) is 2.43. The highest BCUT2D eigenvalue weighted by Crippen LogP contribution is 2.11. The molecule has 0 saturated carbocycles. The molecule has 1 nitrogen and oxygen atoms in total. The molecule has 12 heavy (non-hydrogen) atoms. The van der Waals surface area contributed by atoms with E-state index in [1.54, 1.807) is 0 Å². The van der Waals surface area contributed by atoms with E-state index in [9.17, 15) is 0 Å². The molecule has 74 valence electrons. The summed E-state index contributed by atoms with van der Waals surface area (Å²) in [6.07, 6.45) is 0. The summed E-state index contributed by atoms with van der Waals surface area (Å²) in [5.41, 5.74) is 0. The summed E-state index contributed by atoms with van der Waals surface area (Å²) in [5, 5.41) is 0.550. The van der Waals surface area contributed by atoms with Crippen LogP contribution in [0.3, 0.4) is 0 Å². The van der Waals surface area contributed by atoms with Crippen LogP contribution in [0.2, 0.25) is 0 Å². The van der Waals surface area contributed by atoms with E-state index in [1.807, 2.05) is 11.8 Å². The first kappa shape index (κ1) is 12.6. The van der Waals surface area contributed by atoms with Crippen LogP contribution in [-0.2, 0) is 4.74 Å². The van der Waals surface area contributed by atoms with Crippen molar-refractivity contribution in [3.8, 4) is 0 Å². The van der Waals surface area contributed by atoms with Crippen LogP contribution >= 0.6 is 23.4 Å². The van der Waals surface area contributed by atoms with Crippen molar-refractivity contribution in [2.24, 2.45) is 5.92 Å². The zero-order valence-corrected chi connectivity index (χ0v) is 9.75. The van der Waals surface area contributed by atoms with Crippen LogP contribution in [0.1, 0.15) is 20.8 Å². The highest BCUT2D eigenvalue weighted by molar-refractivity contribution is 7.99. The Bertz CT molecular complexity index is 98.5. The molecule has 0 aliphatic rings. The monoisotopic (exact) mass is 210 g/mol. The molecule has 0 aromatic carbocycles. The first-order valence-corrected chi connectivity index (χ1v) is 6.00. The molecule has 0 N–H and O–H groups in total. The van der Waals surface area contributed by atoms with E-state index in [4.69, 9.17) is 16.3 Å². The molecule has 0 aromatic heterocycles. The topological polar surface area (TPSA) is 9.23 Å². The first-order valence-electron chi connectivity index (χ1n) is 4.42. The molecule has 0 spiro atoms. The quantitative estimate of drug-likeness (QED) is 0.472. The van der Waals surface area contributed by atoms with Crippen LogP contribution in [0.5, 0.6) is 0 Å². The summed E-state index contributed by atoms with van der Waals surface area (Å²) in [6.45, 7) is 8.18. The molecule has 0 fully saturated rings. The minimum Gasteiger partial charge on any atom is -0.380 e. The van der Waals surface area contributed by atoms with Crippen molar-refractivity contribution in [2.45, 2.75) is 26.0 Å². The third kappa shape index (κ3) is 8.69. The number of ether oxygens (including phenoxy) is 1. The van der Waals surface area contributed by atoms with Crippen molar-refractivity contribution in [3.63, 3.8) is 0 Å². The maximum Gasteiger partial charge on any atom is 0.0556 e. The van der Waals surface area contributed by atoms with E-state index in [2.05, 4.69) is 20.8 Å². The molecule has 0 aliphatic heterocycles. The lowest BCUT2D eigenvalue weighted by Gasteiger charge is -2.08. The van der Waals surface area contributed by atoms with Gasteiger partial charge in [-0.15, -0.1) is 11.6 Å². The molecular formula is C9H19ClOS. The van der Waals surface area contributed by atoms with Gasteiger partial charge < -0.3 is 4.74 Å². The maximum atomic E-state index is 5.65. The van der Waals surface area contributed by atoms with E-state index in [-0.39, 0.29) is 0 Å². The Balaban J connectivity index is 3.00. The zero-order valence-electron chi connectivity index (χ0n) is 8.18. The van der Waals surface area contributed by atoms with Crippen molar-refractivity contribution in [1.82, 2.24) is 0 Å². The second-order valence-electron chi connectivity index (χ2n) is 3.30. The van der Waals surface area contributed by atoms with E-state index < -0.39 is 0 Å². The molecule has 0 bridgehead atoms. The standard InChI is InChI=1S/C9H19ClOS/c1-8(2)7-11-4-5-12-9(3)6-10/h8-9H,4-7H2,1-3H3. The Kier molecular flexibility index (Phi) is 8.62. The van der Waals surface area contributed by atoms with Gasteiger partial charge in [-0.25, -0.2) is 0 Å². The van der Waals surface area contributed by atoms with Gasteiger partial charge in [0.2, 0.25) is 0 Å². The van der Waals surface area contributed by atoms with Gasteiger partial charge in [-0.2, -0.15) is 11.8 Å². The smallest absolute Gasteiger partial charge is 0.0556 e. The van der Waals surface area contributed by atoms with Gasteiger partial charge in [0.05, 0.1) is 6.61 Å². The largest absolute Gasteiger partial charge is 0.380 e. The van der Waals surface area contributed by atoms with Gasteiger partial charge in [-0.05, 0) is 5.92 Å². The average molecular weight is 211 g/mol. The molecule has 0 heterocycles. The SMILES string of the molecule is CC(C)COCCSC(C)CCl. The van der Waals surface area contributed by atoms with E-state index in [0.29, 0.717) is 11.2 Å². The molecule has 1 unspecified atom stereocenters. The number of rotatable bonds is 7. The van der Waals surface area contributed by atoms with E-state index >= 15 is 0 Å². The highest BCUT2D eigenvalue weighted by atomic mass is 35.5. The molecule has 0 radical (unpaired) electrons. The lowest BCUT2D eigenvalue weighted by Crippen LogP contribution is -2.07. The molecule has 0 aliphatic carbocycles. The fourth-order valence-electron chi connectivity index (χ4n) is 0.672. The second kappa shape index (κ2) is 8.21. The Morgan fingerprint density at radius 2 is 2.00 bits per heavy atom.